The van der Waals surface area contributed by atoms with Gasteiger partial charge in [-0.05, 0) is 32.3 Å². The van der Waals surface area contributed by atoms with Crippen LogP contribution in [0, 0.1) is 5.92 Å². The van der Waals surface area contributed by atoms with Gasteiger partial charge >= 0.3 is 0 Å². The zero-order chi connectivity index (χ0) is 12.3. The number of methoxy groups -OCH3 is 1. The van der Waals surface area contributed by atoms with Crippen molar-refractivity contribution in [3.63, 3.8) is 0 Å². The predicted molar refractivity (Wildman–Crippen MR) is 71.3 cm³/mol. The maximum absolute atomic E-state index is 5.40. The summed E-state index contributed by atoms with van der Waals surface area (Å²) in [7, 11) is 1.74. The van der Waals surface area contributed by atoms with Gasteiger partial charge in [0.15, 0.2) is 0 Å². The van der Waals surface area contributed by atoms with Gasteiger partial charge in [-0.2, -0.15) is 0 Å². The molecule has 0 heterocycles. The zero-order valence-corrected chi connectivity index (χ0v) is 11.1. The second-order valence-corrected chi connectivity index (χ2v) is 5.21. The fourth-order valence-electron chi connectivity index (χ4n) is 2.46. The van der Waals surface area contributed by atoms with Crippen LogP contribution in [-0.4, -0.2) is 13.2 Å². The van der Waals surface area contributed by atoms with E-state index in [4.69, 9.17) is 4.74 Å². The van der Waals surface area contributed by atoms with E-state index in [1.165, 1.54) is 24.8 Å². The summed E-state index contributed by atoms with van der Waals surface area (Å²) in [6, 6.07) is 9.19. The molecule has 0 saturated heterocycles. The van der Waals surface area contributed by atoms with Gasteiger partial charge in [0.25, 0.3) is 0 Å². The van der Waals surface area contributed by atoms with E-state index >= 15 is 0 Å². The predicted octanol–water partition coefficient (Wildman–Crippen LogP) is 3.53. The van der Waals surface area contributed by atoms with Gasteiger partial charge < -0.3 is 10.1 Å². The maximum Gasteiger partial charge on any atom is 0.123 e. The van der Waals surface area contributed by atoms with E-state index in [-0.39, 0.29) is 0 Å². The molecule has 0 aliphatic heterocycles. The van der Waals surface area contributed by atoms with Crippen LogP contribution in [0.25, 0.3) is 0 Å². The molecule has 0 aromatic heterocycles. The second-order valence-electron chi connectivity index (χ2n) is 5.21. The minimum Gasteiger partial charge on any atom is -0.496 e. The van der Waals surface area contributed by atoms with Crippen LogP contribution in [0.15, 0.2) is 24.3 Å². The van der Waals surface area contributed by atoms with Gasteiger partial charge in [0.05, 0.1) is 7.11 Å². The van der Waals surface area contributed by atoms with E-state index in [2.05, 4.69) is 31.3 Å². The molecule has 2 rings (SSSR count). The van der Waals surface area contributed by atoms with Crippen molar-refractivity contribution < 1.29 is 4.74 Å². The first-order valence-electron chi connectivity index (χ1n) is 6.59. The monoisotopic (exact) mass is 233 g/mol. The van der Waals surface area contributed by atoms with Gasteiger partial charge in [-0.25, -0.2) is 0 Å². The third-order valence-corrected chi connectivity index (χ3v) is 3.52. The Hall–Kier alpha value is -1.02. The largest absolute Gasteiger partial charge is 0.496 e. The molecule has 94 valence electrons. The SMILES string of the molecule is COc1ccccc1C(C)NC(C)CC1CC1. The molecule has 1 aliphatic rings. The Balaban J connectivity index is 1.95. The van der Waals surface area contributed by atoms with Crippen LogP contribution >= 0.6 is 0 Å². The summed E-state index contributed by atoms with van der Waals surface area (Å²) in [6.45, 7) is 4.49. The van der Waals surface area contributed by atoms with Gasteiger partial charge in [-0.3, -0.25) is 0 Å². The standard InChI is InChI=1S/C15H23NO/c1-11(10-13-8-9-13)16-12(2)14-6-4-5-7-15(14)17-3/h4-7,11-13,16H,8-10H2,1-3H3. The normalized spacial score (nSPS) is 18.8. The zero-order valence-electron chi connectivity index (χ0n) is 11.1. The van der Waals surface area contributed by atoms with Crippen molar-refractivity contribution in [3.05, 3.63) is 29.8 Å². The lowest BCUT2D eigenvalue weighted by atomic mass is 10.0. The summed E-state index contributed by atoms with van der Waals surface area (Å²) in [4.78, 5) is 0. The van der Waals surface area contributed by atoms with Crippen LogP contribution in [0.5, 0.6) is 5.75 Å². The molecule has 1 fully saturated rings. The molecule has 2 atom stereocenters. The fraction of sp³-hybridized carbons (Fsp3) is 0.600. The van der Waals surface area contributed by atoms with Crippen LogP contribution in [0.1, 0.15) is 44.7 Å². The van der Waals surface area contributed by atoms with Crippen LogP contribution in [0.3, 0.4) is 0 Å². The highest BCUT2D eigenvalue weighted by Gasteiger charge is 2.24. The van der Waals surface area contributed by atoms with Gasteiger partial charge in [0, 0.05) is 17.6 Å². The Labute approximate surface area is 104 Å². The molecule has 2 nitrogen and oxygen atoms in total. The lowest BCUT2D eigenvalue weighted by Crippen LogP contribution is -2.29. The van der Waals surface area contributed by atoms with Crippen molar-refractivity contribution >= 4 is 0 Å². The lowest BCUT2D eigenvalue weighted by molar-refractivity contribution is 0.389. The summed E-state index contributed by atoms with van der Waals surface area (Å²) in [5.74, 6) is 1.95. The number of rotatable bonds is 6. The Morgan fingerprint density at radius 2 is 2.00 bits per heavy atom. The molecule has 1 aromatic carbocycles. The summed E-state index contributed by atoms with van der Waals surface area (Å²) in [6.07, 6.45) is 4.16. The molecule has 0 radical (unpaired) electrons. The summed E-state index contributed by atoms with van der Waals surface area (Å²) in [5.41, 5.74) is 1.25. The van der Waals surface area contributed by atoms with E-state index < -0.39 is 0 Å². The first-order valence-corrected chi connectivity index (χ1v) is 6.59. The molecule has 2 heteroatoms. The molecule has 0 spiro atoms. The van der Waals surface area contributed by atoms with E-state index in [0.717, 1.165) is 11.7 Å². The van der Waals surface area contributed by atoms with Crippen LogP contribution in [0.2, 0.25) is 0 Å². The number of hydrogen-bond donors (Lipinski definition) is 1. The number of benzene rings is 1. The van der Waals surface area contributed by atoms with Crippen LogP contribution in [0.4, 0.5) is 0 Å². The van der Waals surface area contributed by atoms with Gasteiger partial charge in [0.1, 0.15) is 5.75 Å². The van der Waals surface area contributed by atoms with Crippen molar-refractivity contribution in [1.82, 2.24) is 5.32 Å². The molecule has 1 aromatic rings. The molecule has 1 N–H and O–H groups in total. The highest BCUT2D eigenvalue weighted by atomic mass is 16.5. The van der Waals surface area contributed by atoms with Crippen LogP contribution in [-0.2, 0) is 0 Å². The number of hydrogen-bond acceptors (Lipinski definition) is 2. The number of para-hydroxylation sites is 1. The third-order valence-electron chi connectivity index (χ3n) is 3.52. The van der Waals surface area contributed by atoms with E-state index in [9.17, 15) is 0 Å². The fourth-order valence-corrected chi connectivity index (χ4v) is 2.46. The molecule has 0 amide bonds. The van der Waals surface area contributed by atoms with Crippen molar-refractivity contribution in [2.75, 3.05) is 7.11 Å². The van der Waals surface area contributed by atoms with Crippen molar-refractivity contribution in [3.8, 4) is 5.75 Å². The average Bonchev–Trinajstić information content (AvgIpc) is 3.12. The van der Waals surface area contributed by atoms with Gasteiger partial charge in [-0.15, -0.1) is 0 Å². The average molecular weight is 233 g/mol. The van der Waals surface area contributed by atoms with E-state index in [1.54, 1.807) is 7.11 Å². The maximum atomic E-state index is 5.40. The Morgan fingerprint density at radius 1 is 1.29 bits per heavy atom. The number of nitrogens with one attached hydrogen (secondary N) is 1. The minimum atomic E-state index is 0.347. The Morgan fingerprint density at radius 3 is 2.65 bits per heavy atom. The molecule has 17 heavy (non-hydrogen) atoms. The number of ether oxygens (including phenoxy) is 1. The van der Waals surface area contributed by atoms with E-state index in [1.807, 2.05) is 12.1 Å². The quantitative estimate of drug-likeness (QED) is 0.811. The molecule has 1 saturated carbocycles. The Bertz CT molecular complexity index is 360. The van der Waals surface area contributed by atoms with Gasteiger partial charge in [-0.1, -0.05) is 31.0 Å². The summed E-state index contributed by atoms with van der Waals surface area (Å²) in [5, 5.41) is 3.66. The second kappa shape index (κ2) is 5.54. The van der Waals surface area contributed by atoms with Crippen LogP contribution < -0.4 is 10.1 Å². The highest BCUT2D eigenvalue weighted by molar-refractivity contribution is 5.35. The van der Waals surface area contributed by atoms with Gasteiger partial charge in [0.2, 0.25) is 0 Å². The summed E-state index contributed by atoms with van der Waals surface area (Å²) >= 11 is 0. The van der Waals surface area contributed by atoms with Crippen molar-refractivity contribution in [1.29, 1.82) is 0 Å². The first-order chi connectivity index (χ1) is 8.20. The molecule has 1 aliphatic carbocycles. The molecule has 2 unspecified atom stereocenters. The highest BCUT2D eigenvalue weighted by Crippen LogP contribution is 2.34. The first kappa shape index (κ1) is 12.4. The summed E-state index contributed by atoms with van der Waals surface area (Å²) < 4.78 is 5.40. The molecule has 0 bridgehead atoms. The van der Waals surface area contributed by atoms with Crippen molar-refractivity contribution in [2.24, 2.45) is 5.92 Å². The smallest absolute Gasteiger partial charge is 0.123 e. The lowest BCUT2D eigenvalue weighted by Gasteiger charge is -2.21. The van der Waals surface area contributed by atoms with E-state index in [0.29, 0.717) is 12.1 Å². The molecular formula is C15H23NO. The Kier molecular flexibility index (Phi) is 4.06. The minimum absolute atomic E-state index is 0.347. The third kappa shape index (κ3) is 3.47. The molecular weight excluding hydrogens is 210 g/mol. The topological polar surface area (TPSA) is 21.3 Å². The van der Waals surface area contributed by atoms with Crippen molar-refractivity contribution in [2.45, 2.75) is 45.2 Å².